The highest BCUT2D eigenvalue weighted by molar-refractivity contribution is 5.87. The Bertz CT molecular complexity index is 551. The van der Waals surface area contributed by atoms with Gasteiger partial charge in [-0.15, -0.1) is 0 Å². The minimum Gasteiger partial charge on any atom is -0.508 e. The molecule has 0 unspecified atom stereocenters. The van der Waals surface area contributed by atoms with E-state index in [-0.39, 0.29) is 18.1 Å². The van der Waals surface area contributed by atoms with Crippen molar-refractivity contribution < 1.29 is 14.6 Å². The van der Waals surface area contributed by atoms with Crippen LogP contribution in [0.2, 0.25) is 0 Å². The van der Waals surface area contributed by atoms with Gasteiger partial charge in [0, 0.05) is 17.6 Å². The predicted molar refractivity (Wildman–Crippen MR) is 63.7 cm³/mol. The zero-order valence-corrected chi connectivity index (χ0v) is 9.51. The summed E-state index contributed by atoms with van der Waals surface area (Å²) in [5.41, 5.74) is 1.40. The van der Waals surface area contributed by atoms with Crippen molar-refractivity contribution in [3.63, 3.8) is 0 Å². The summed E-state index contributed by atoms with van der Waals surface area (Å²) in [6, 6.07) is 6.81. The summed E-state index contributed by atoms with van der Waals surface area (Å²) >= 11 is 0. The maximum Gasteiger partial charge on any atom is 0.310 e. The fourth-order valence-corrected chi connectivity index (χ4v) is 1.76. The number of benzene rings is 1. The number of carbonyl (C=O) groups is 1. The second-order valence-corrected chi connectivity index (χ2v) is 3.66. The molecule has 1 heterocycles. The molecule has 0 aliphatic rings. The third kappa shape index (κ3) is 2.53. The van der Waals surface area contributed by atoms with Crippen LogP contribution in [0.5, 0.6) is 5.75 Å². The van der Waals surface area contributed by atoms with Crippen LogP contribution < -0.4 is 0 Å². The third-order valence-electron chi connectivity index (χ3n) is 2.43. The molecule has 17 heavy (non-hydrogen) atoms. The molecule has 1 aromatic carbocycles. The standard InChI is InChI=1S/C13H13NO3/c1-2-17-13(16)7-9-6-10(15)8-12-11(9)4-3-5-14-12/h3-6,8,15H,2,7H2,1H3. The highest BCUT2D eigenvalue weighted by Crippen LogP contribution is 2.23. The van der Waals surface area contributed by atoms with Gasteiger partial charge in [-0.1, -0.05) is 6.07 Å². The smallest absolute Gasteiger partial charge is 0.310 e. The molecule has 2 rings (SSSR count). The van der Waals surface area contributed by atoms with Crippen LogP contribution in [-0.2, 0) is 16.0 Å². The summed E-state index contributed by atoms with van der Waals surface area (Å²) in [5, 5.41) is 10.4. The molecule has 0 amide bonds. The average Bonchev–Trinajstić information content (AvgIpc) is 2.29. The number of aromatic hydroxyl groups is 1. The number of aromatic nitrogens is 1. The summed E-state index contributed by atoms with van der Waals surface area (Å²) < 4.78 is 4.89. The molecule has 0 radical (unpaired) electrons. The molecule has 1 aromatic heterocycles. The molecular weight excluding hydrogens is 218 g/mol. The van der Waals surface area contributed by atoms with Gasteiger partial charge in [-0.2, -0.15) is 0 Å². The Labute approximate surface area is 98.9 Å². The third-order valence-corrected chi connectivity index (χ3v) is 2.43. The van der Waals surface area contributed by atoms with Crippen molar-refractivity contribution in [2.45, 2.75) is 13.3 Å². The van der Waals surface area contributed by atoms with E-state index in [4.69, 9.17) is 4.74 Å². The second-order valence-electron chi connectivity index (χ2n) is 3.66. The van der Waals surface area contributed by atoms with E-state index in [2.05, 4.69) is 4.98 Å². The molecule has 0 atom stereocenters. The lowest BCUT2D eigenvalue weighted by Crippen LogP contribution is -2.07. The largest absolute Gasteiger partial charge is 0.508 e. The molecule has 4 heteroatoms. The van der Waals surface area contributed by atoms with Crippen LogP contribution in [0.15, 0.2) is 30.5 Å². The van der Waals surface area contributed by atoms with E-state index in [1.54, 1.807) is 31.3 Å². The number of phenols is 1. The number of hydrogen-bond donors (Lipinski definition) is 1. The average molecular weight is 231 g/mol. The van der Waals surface area contributed by atoms with E-state index >= 15 is 0 Å². The van der Waals surface area contributed by atoms with Crippen molar-refractivity contribution in [3.8, 4) is 5.75 Å². The Morgan fingerprint density at radius 3 is 3.06 bits per heavy atom. The fraction of sp³-hybridized carbons (Fsp3) is 0.231. The fourth-order valence-electron chi connectivity index (χ4n) is 1.76. The van der Waals surface area contributed by atoms with Gasteiger partial charge >= 0.3 is 5.97 Å². The number of esters is 1. The number of hydrogen-bond acceptors (Lipinski definition) is 4. The van der Waals surface area contributed by atoms with Gasteiger partial charge in [-0.3, -0.25) is 9.78 Å². The Balaban J connectivity index is 2.42. The molecular formula is C13H13NO3. The van der Waals surface area contributed by atoms with E-state index in [1.807, 2.05) is 6.07 Å². The first-order valence-corrected chi connectivity index (χ1v) is 5.43. The Hall–Kier alpha value is -2.10. The molecule has 0 aliphatic carbocycles. The first kappa shape index (κ1) is 11.4. The Morgan fingerprint density at radius 1 is 1.47 bits per heavy atom. The van der Waals surface area contributed by atoms with Gasteiger partial charge in [0.05, 0.1) is 18.5 Å². The Kier molecular flexibility index (Phi) is 3.23. The van der Waals surface area contributed by atoms with Gasteiger partial charge in [-0.25, -0.2) is 0 Å². The lowest BCUT2D eigenvalue weighted by molar-refractivity contribution is -0.142. The minimum atomic E-state index is -0.303. The predicted octanol–water partition coefficient (Wildman–Crippen LogP) is 2.05. The van der Waals surface area contributed by atoms with Crippen molar-refractivity contribution in [1.82, 2.24) is 4.98 Å². The monoisotopic (exact) mass is 231 g/mol. The van der Waals surface area contributed by atoms with E-state index in [9.17, 15) is 9.90 Å². The number of ether oxygens (including phenoxy) is 1. The van der Waals surface area contributed by atoms with Crippen LogP contribution >= 0.6 is 0 Å². The first-order valence-electron chi connectivity index (χ1n) is 5.43. The van der Waals surface area contributed by atoms with Crippen LogP contribution in [-0.4, -0.2) is 22.7 Å². The van der Waals surface area contributed by atoms with Gasteiger partial charge in [0.2, 0.25) is 0 Å². The van der Waals surface area contributed by atoms with Crippen molar-refractivity contribution in [2.75, 3.05) is 6.61 Å². The number of nitrogens with zero attached hydrogens (tertiary/aromatic N) is 1. The highest BCUT2D eigenvalue weighted by Gasteiger charge is 2.09. The molecule has 0 spiro atoms. The zero-order valence-electron chi connectivity index (χ0n) is 9.51. The van der Waals surface area contributed by atoms with Gasteiger partial charge in [0.25, 0.3) is 0 Å². The van der Waals surface area contributed by atoms with Gasteiger partial charge in [-0.05, 0) is 24.6 Å². The van der Waals surface area contributed by atoms with E-state index in [0.717, 1.165) is 10.9 Å². The maximum atomic E-state index is 11.4. The molecule has 0 saturated heterocycles. The SMILES string of the molecule is CCOC(=O)Cc1cc(O)cc2ncccc12. The number of rotatable bonds is 3. The summed E-state index contributed by atoms with van der Waals surface area (Å²) in [6.07, 6.45) is 1.79. The van der Waals surface area contributed by atoms with Crippen LogP contribution in [0.4, 0.5) is 0 Å². The molecule has 1 N–H and O–H groups in total. The van der Waals surface area contributed by atoms with Crippen molar-refractivity contribution in [1.29, 1.82) is 0 Å². The van der Waals surface area contributed by atoms with Gasteiger partial charge in [0.1, 0.15) is 5.75 Å². The first-order chi connectivity index (χ1) is 8.20. The van der Waals surface area contributed by atoms with E-state index in [1.165, 1.54) is 0 Å². The quantitative estimate of drug-likeness (QED) is 0.821. The second kappa shape index (κ2) is 4.82. The highest BCUT2D eigenvalue weighted by atomic mass is 16.5. The molecule has 0 fully saturated rings. The number of fused-ring (bicyclic) bond motifs is 1. The van der Waals surface area contributed by atoms with Crippen LogP contribution in [0.1, 0.15) is 12.5 Å². The van der Waals surface area contributed by atoms with Crippen LogP contribution in [0, 0.1) is 0 Å². The summed E-state index contributed by atoms with van der Waals surface area (Å²) in [7, 11) is 0. The van der Waals surface area contributed by atoms with Crippen molar-refractivity contribution in [2.24, 2.45) is 0 Å². The summed E-state index contributed by atoms with van der Waals surface area (Å²) in [4.78, 5) is 15.6. The topological polar surface area (TPSA) is 59.4 Å². The summed E-state index contributed by atoms with van der Waals surface area (Å²) in [5.74, 6) is -0.196. The molecule has 2 aromatic rings. The van der Waals surface area contributed by atoms with Crippen molar-refractivity contribution in [3.05, 3.63) is 36.0 Å². The lowest BCUT2D eigenvalue weighted by atomic mass is 10.1. The minimum absolute atomic E-state index is 0.107. The van der Waals surface area contributed by atoms with Gasteiger partial charge < -0.3 is 9.84 Å². The lowest BCUT2D eigenvalue weighted by Gasteiger charge is -2.06. The van der Waals surface area contributed by atoms with Crippen molar-refractivity contribution >= 4 is 16.9 Å². The molecule has 4 nitrogen and oxygen atoms in total. The molecule has 0 bridgehead atoms. The van der Waals surface area contributed by atoms with E-state index < -0.39 is 0 Å². The summed E-state index contributed by atoms with van der Waals surface area (Å²) in [6.45, 7) is 2.12. The zero-order chi connectivity index (χ0) is 12.3. The number of phenolic OH excluding ortho intramolecular Hbond substituents is 1. The van der Waals surface area contributed by atoms with Crippen LogP contribution in [0.3, 0.4) is 0 Å². The number of carbonyl (C=O) groups excluding carboxylic acids is 1. The number of pyridine rings is 1. The normalized spacial score (nSPS) is 10.4. The van der Waals surface area contributed by atoms with E-state index in [0.29, 0.717) is 12.1 Å². The molecule has 0 aliphatic heterocycles. The van der Waals surface area contributed by atoms with Crippen LogP contribution in [0.25, 0.3) is 10.9 Å². The molecule has 88 valence electrons. The Morgan fingerprint density at radius 2 is 2.29 bits per heavy atom. The molecule has 0 saturated carbocycles. The van der Waals surface area contributed by atoms with Gasteiger partial charge in [0.15, 0.2) is 0 Å². The maximum absolute atomic E-state index is 11.4.